The van der Waals surface area contributed by atoms with Crippen LogP contribution in [-0.2, 0) is 22.6 Å². The maximum absolute atomic E-state index is 13.9. The standard InChI is InChI=1S/C17H21FN4O2.C2HF3O2/c18-16-2-1-6-19-17(16)24-15-11-21(13-4-8-23-9-5-13)10-14-3-7-20-22(14)12-15;3-2(4,5)1(6)7/h1-3,6-7,13,15H,4-5,8-12H2;(H,6,7). The summed E-state index contributed by atoms with van der Waals surface area (Å²) in [5.41, 5.74) is 1.16. The van der Waals surface area contributed by atoms with Crippen molar-refractivity contribution < 1.29 is 36.9 Å². The van der Waals surface area contributed by atoms with Gasteiger partial charge >= 0.3 is 12.1 Å². The van der Waals surface area contributed by atoms with Crippen molar-refractivity contribution in [1.82, 2.24) is 19.7 Å². The van der Waals surface area contributed by atoms with Gasteiger partial charge in [-0.25, -0.2) is 14.2 Å². The molecule has 170 valence electrons. The number of ether oxygens (including phenoxy) is 2. The van der Waals surface area contributed by atoms with E-state index in [1.807, 2.05) is 10.7 Å². The van der Waals surface area contributed by atoms with Crippen molar-refractivity contribution in [2.45, 2.75) is 44.3 Å². The molecule has 0 bridgehead atoms. The van der Waals surface area contributed by atoms with Gasteiger partial charge in [-0.3, -0.25) is 9.58 Å². The molecule has 2 aromatic rings. The monoisotopic (exact) mass is 446 g/mol. The predicted octanol–water partition coefficient (Wildman–Crippen LogP) is 2.49. The second-order valence-electron chi connectivity index (χ2n) is 7.11. The lowest BCUT2D eigenvalue weighted by molar-refractivity contribution is -0.192. The highest BCUT2D eigenvalue weighted by Crippen LogP contribution is 2.23. The Labute approximate surface area is 175 Å². The van der Waals surface area contributed by atoms with E-state index < -0.39 is 18.0 Å². The van der Waals surface area contributed by atoms with Gasteiger partial charge < -0.3 is 14.6 Å². The number of aromatic nitrogens is 3. The molecule has 1 saturated heterocycles. The average Bonchev–Trinajstić information content (AvgIpc) is 3.08. The van der Waals surface area contributed by atoms with Gasteiger partial charge in [-0.15, -0.1) is 0 Å². The summed E-state index contributed by atoms with van der Waals surface area (Å²) in [5.74, 6) is -3.13. The van der Waals surface area contributed by atoms with Gasteiger partial charge in [0.2, 0.25) is 0 Å². The Morgan fingerprint density at radius 1 is 1.19 bits per heavy atom. The van der Waals surface area contributed by atoms with E-state index in [1.165, 1.54) is 6.07 Å². The Balaban J connectivity index is 0.000000339. The number of pyridine rings is 1. The van der Waals surface area contributed by atoms with Crippen molar-refractivity contribution in [3.05, 3.63) is 42.1 Å². The third kappa shape index (κ3) is 6.37. The van der Waals surface area contributed by atoms with Gasteiger partial charge in [-0.1, -0.05) is 0 Å². The Hall–Kier alpha value is -2.73. The van der Waals surface area contributed by atoms with E-state index in [0.29, 0.717) is 12.6 Å². The molecule has 4 heterocycles. The van der Waals surface area contributed by atoms with E-state index in [1.54, 1.807) is 18.5 Å². The van der Waals surface area contributed by atoms with E-state index in [2.05, 4.69) is 15.0 Å². The highest BCUT2D eigenvalue weighted by molar-refractivity contribution is 5.73. The first kappa shape index (κ1) is 22.9. The van der Waals surface area contributed by atoms with Crippen molar-refractivity contribution >= 4 is 5.97 Å². The molecule has 0 aliphatic carbocycles. The van der Waals surface area contributed by atoms with E-state index in [4.69, 9.17) is 19.4 Å². The molecule has 2 aliphatic rings. The fourth-order valence-electron chi connectivity index (χ4n) is 3.46. The Morgan fingerprint density at radius 3 is 2.55 bits per heavy atom. The van der Waals surface area contributed by atoms with E-state index in [-0.39, 0.29) is 12.0 Å². The number of nitrogens with zero attached hydrogens (tertiary/aromatic N) is 4. The first-order valence-electron chi connectivity index (χ1n) is 9.64. The zero-order chi connectivity index (χ0) is 22.4. The minimum absolute atomic E-state index is 0.0602. The fourth-order valence-corrected chi connectivity index (χ4v) is 3.46. The summed E-state index contributed by atoms with van der Waals surface area (Å²) >= 11 is 0. The van der Waals surface area contributed by atoms with Crippen LogP contribution in [0.4, 0.5) is 17.6 Å². The van der Waals surface area contributed by atoms with Crippen LogP contribution in [0.2, 0.25) is 0 Å². The molecular formula is C19H22F4N4O4. The van der Waals surface area contributed by atoms with Crippen LogP contribution < -0.4 is 4.74 Å². The van der Waals surface area contributed by atoms with Gasteiger partial charge in [0.25, 0.3) is 5.88 Å². The van der Waals surface area contributed by atoms with Crippen LogP contribution in [0.3, 0.4) is 0 Å². The molecule has 1 fully saturated rings. The van der Waals surface area contributed by atoms with Gasteiger partial charge in [0.15, 0.2) is 5.82 Å². The maximum atomic E-state index is 13.9. The summed E-state index contributed by atoms with van der Waals surface area (Å²) in [6, 6.07) is 5.43. The Bertz CT molecular complexity index is 871. The summed E-state index contributed by atoms with van der Waals surface area (Å²) in [7, 11) is 0. The fraction of sp³-hybridized carbons (Fsp3) is 0.526. The normalized spacial score (nSPS) is 20.2. The van der Waals surface area contributed by atoms with Crippen LogP contribution in [0.5, 0.6) is 5.88 Å². The van der Waals surface area contributed by atoms with Crippen LogP contribution in [0, 0.1) is 5.82 Å². The lowest BCUT2D eigenvalue weighted by atomic mass is 10.1. The van der Waals surface area contributed by atoms with Gasteiger partial charge in [0.05, 0.1) is 12.2 Å². The maximum Gasteiger partial charge on any atom is 0.490 e. The molecule has 31 heavy (non-hydrogen) atoms. The number of carbonyl (C=O) groups is 1. The number of alkyl halides is 3. The van der Waals surface area contributed by atoms with E-state index in [0.717, 1.165) is 44.8 Å². The quantitative estimate of drug-likeness (QED) is 0.725. The third-order valence-electron chi connectivity index (χ3n) is 4.94. The van der Waals surface area contributed by atoms with Crippen molar-refractivity contribution in [3.8, 4) is 5.88 Å². The average molecular weight is 446 g/mol. The Morgan fingerprint density at radius 2 is 1.90 bits per heavy atom. The molecule has 1 unspecified atom stereocenters. The van der Waals surface area contributed by atoms with Crippen molar-refractivity contribution in [1.29, 1.82) is 0 Å². The van der Waals surface area contributed by atoms with Gasteiger partial charge in [0, 0.05) is 44.7 Å². The summed E-state index contributed by atoms with van der Waals surface area (Å²) in [6.45, 7) is 3.74. The largest absolute Gasteiger partial charge is 0.490 e. The molecule has 0 saturated carbocycles. The molecule has 12 heteroatoms. The number of halogens is 4. The lowest BCUT2D eigenvalue weighted by Crippen LogP contribution is -2.43. The smallest absolute Gasteiger partial charge is 0.475 e. The highest BCUT2D eigenvalue weighted by atomic mass is 19.4. The SMILES string of the molecule is Fc1cccnc1OC1CN(C2CCOCC2)Cc2ccnn2C1.O=C(O)C(F)(F)F. The second-order valence-corrected chi connectivity index (χ2v) is 7.11. The third-order valence-corrected chi connectivity index (χ3v) is 4.94. The number of fused-ring (bicyclic) bond motifs is 1. The molecule has 4 rings (SSSR count). The molecule has 1 atom stereocenters. The van der Waals surface area contributed by atoms with Gasteiger partial charge in [-0.2, -0.15) is 18.3 Å². The van der Waals surface area contributed by atoms with E-state index in [9.17, 15) is 17.6 Å². The number of rotatable bonds is 3. The molecule has 8 nitrogen and oxygen atoms in total. The number of hydrogen-bond acceptors (Lipinski definition) is 6. The summed E-state index contributed by atoms with van der Waals surface area (Å²) in [4.78, 5) is 15.3. The first-order chi connectivity index (χ1) is 14.7. The van der Waals surface area contributed by atoms with E-state index >= 15 is 0 Å². The van der Waals surface area contributed by atoms with Gasteiger partial charge in [0.1, 0.15) is 6.10 Å². The van der Waals surface area contributed by atoms with Crippen LogP contribution in [-0.4, -0.2) is 68.8 Å². The Kier molecular flexibility index (Phi) is 7.44. The molecule has 2 aromatic heterocycles. The number of hydrogen-bond donors (Lipinski definition) is 1. The molecule has 0 spiro atoms. The van der Waals surface area contributed by atoms with Crippen LogP contribution in [0.15, 0.2) is 30.6 Å². The predicted molar refractivity (Wildman–Crippen MR) is 98.8 cm³/mol. The first-order valence-corrected chi connectivity index (χ1v) is 9.64. The minimum Gasteiger partial charge on any atom is -0.475 e. The highest BCUT2D eigenvalue weighted by Gasteiger charge is 2.38. The molecule has 0 radical (unpaired) electrons. The summed E-state index contributed by atoms with van der Waals surface area (Å²) in [6.07, 6.45) is 0.0992. The van der Waals surface area contributed by atoms with Crippen LogP contribution >= 0.6 is 0 Å². The second kappa shape index (κ2) is 10.1. The van der Waals surface area contributed by atoms with Gasteiger partial charge in [-0.05, 0) is 31.0 Å². The molecule has 0 amide bonds. The summed E-state index contributed by atoms with van der Waals surface area (Å²) < 4.78 is 59.0. The topological polar surface area (TPSA) is 89.7 Å². The number of carboxylic acid groups (broad SMARTS) is 1. The minimum atomic E-state index is -5.08. The van der Waals surface area contributed by atoms with Crippen molar-refractivity contribution in [2.24, 2.45) is 0 Å². The van der Waals surface area contributed by atoms with Crippen LogP contribution in [0.25, 0.3) is 0 Å². The zero-order valence-electron chi connectivity index (χ0n) is 16.5. The number of aliphatic carboxylic acids is 1. The zero-order valence-corrected chi connectivity index (χ0v) is 16.5. The van der Waals surface area contributed by atoms with Crippen molar-refractivity contribution in [2.75, 3.05) is 19.8 Å². The van der Waals surface area contributed by atoms with Crippen LogP contribution in [0.1, 0.15) is 18.5 Å². The molecular weight excluding hydrogens is 424 g/mol. The number of carboxylic acids is 1. The summed E-state index contributed by atoms with van der Waals surface area (Å²) in [5, 5.41) is 11.5. The van der Waals surface area contributed by atoms with Crippen molar-refractivity contribution in [3.63, 3.8) is 0 Å². The molecule has 2 aliphatic heterocycles. The molecule has 0 aromatic carbocycles. The molecule has 1 N–H and O–H groups in total. The lowest BCUT2D eigenvalue weighted by Gasteiger charge is -2.34.